The molecule has 0 amide bonds. The van der Waals surface area contributed by atoms with Crippen LogP contribution in [0.4, 0.5) is 0 Å². The second-order valence-corrected chi connectivity index (χ2v) is 8.42. The lowest BCUT2D eigenvalue weighted by Crippen LogP contribution is -2.48. The van der Waals surface area contributed by atoms with Gasteiger partial charge in [-0.05, 0) is 43.7 Å². The van der Waals surface area contributed by atoms with Crippen LogP contribution in [0.1, 0.15) is 37.7 Å². The normalized spacial score (nSPS) is 20.0. The van der Waals surface area contributed by atoms with Gasteiger partial charge in [-0.1, -0.05) is 34.1 Å². The van der Waals surface area contributed by atoms with Crippen LogP contribution >= 0.6 is 15.9 Å². The standard InChI is InChI=1S/C21H32BrN3O2/c1-23-20(25-12-8-17(9-13-25)27-15-5-14-26-2)24-16-21(10-11-21)18-6-3-4-7-19(18)22/h3-4,6-7,17H,5,8-16H2,1-2H3,(H,23,24). The number of nitrogens with one attached hydrogen (secondary N) is 1. The molecule has 1 heterocycles. The first-order chi connectivity index (χ1) is 13.2. The third-order valence-electron chi connectivity index (χ3n) is 5.68. The van der Waals surface area contributed by atoms with Crippen LogP contribution in [0.15, 0.2) is 33.7 Å². The maximum atomic E-state index is 5.97. The molecule has 1 aromatic rings. The van der Waals surface area contributed by atoms with E-state index in [-0.39, 0.29) is 5.41 Å². The van der Waals surface area contributed by atoms with Crippen LogP contribution in [0.5, 0.6) is 0 Å². The van der Waals surface area contributed by atoms with Gasteiger partial charge in [0.1, 0.15) is 0 Å². The van der Waals surface area contributed by atoms with Gasteiger partial charge >= 0.3 is 0 Å². The SMILES string of the molecule is CN=C(NCC1(c2ccccc2Br)CC1)N1CCC(OCCCOC)CC1. The van der Waals surface area contributed by atoms with Crippen molar-refractivity contribution in [3.05, 3.63) is 34.3 Å². The summed E-state index contributed by atoms with van der Waals surface area (Å²) < 4.78 is 12.3. The number of methoxy groups -OCH3 is 1. The molecule has 1 saturated carbocycles. The van der Waals surface area contributed by atoms with Crippen molar-refractivity contribution < 1.29 is 9.47 Å². The number of guanidine groups is 1. The molecule has 1 saturated heterocycles. The number of ether oxygens (including phenoxy) is 2. The molecule has 0 bridgehead atoms. The topological polar surface area (TPSA) is 46.1 Å². The van der Waals surface area contributed by atoms with Crippen molar-refractivity contribution in [3.8, 4) is 0 Å². The van der Waals surface area contributed by atoms with Crippen LogP contribution < -0.4 is 5.32 Å². The van der Waals surface area contributed by atoms with Gasteiger partial charge < -0.3 is 19.7 Å². The van der Waals surface area contributed by atoms with E-state index >= 15 is 0 Å². The highest BCUT2D eigenvalue weighted by molar-refractivity contribution is 9.10. The number of hydrogen-bond acceptors (Lipinski definition) is 3. The summed E-state index contributed by atoms with van der Waals surface area (Å²) in [5.41, 5.74) is 1.66. The quantitative estimate of drug-likeness (QED) is 0.383. The van der Waals surface area contributed by atoms with Gasteiger partial charge in [0.25, 0.3) is 0 Å². The molecule has 2 fully saturated rings. The lowest BCUT2D eigenvalue weighted by Gasteiger charge is -2.34. The van der Waals surface area contributed by atoms with E-state index in [4.69, 9.17) is 9.47 Å². The number of nitrogens with zero attached hydrogens (tertiary/aromatic N) is 2. The number of benzene rings is 1. The van der Waals surface area contributed by atoms with Gasteiger partial charge in [0.05, 0.1) is 6.10 Å². The summed E-state index contributed by atoms with van der Waals surface area (Å²) in [6, 6.07) is 8.60. The molecule has 2 aliphatic rings. The van der Waals surface area contributed by atoms with E-state index in [0.717, 1.165) is 58.1 Å². The highest BCUT2D eigenvalue weighted by Crippen LogP contribution is 2.49. The lowest BCUT2D eigenvalue weighted by atomic mass is 9.96. The fraction of sp³-hybridized carbons (Fsp3) is 0.667. The van der Waals surface area contributed by atoms with E-state index < -0.39 is 0 Å². The number of aliphatic imine (C=N–C) groups is 1. The summed E-state index contributed by atoms with van der Waals surface area (Å²) in [6.07, 6.45) is 5.92. The van der Waals surface area contributed by atoms with E-state index in [9.17, 15) is 0 Å². The van der Waals surface area contributed by atoms with E-state index in [1.165, 1.54) is 22.9 Å². The minimum Gasteiger partial charge on any atom is -0.385 e. The third-order valence-corrected chi connectivity index (χ3v) is 6.37. The number of likely N-dealkylation sites (tertiary alicyclic amines) is 1. The van der Waals surface area contributed by atoms with E-state index in [2.05, 4.69) is 55.4 Å². The van der Waals surface area contributed by atoms with Gasteiger partial charge in [-0.3, -0.25) is 4.99 Å². The first kappa shape index (κ1) is 20.6. The Morgan fingerprint density at radius 3 is 2.63 bits per heavy atom. The summed E-state index contributed by atoms with van der Waals surface area (Å²) >= 11 is 3.72. The Morgan fingerprint density at radius 2 is 2.00 bits per heavy atom. The molecule has 0 spiro atoms. The lowest BCUT2D eigenvalue weighted by molar-refractivity contribution is 0.00989. The molecule has 1 aliphatic heterocycles. The molecule has 0 radical (unpaired) electrons. The van der Waals surface area contributed by atoms with Crippen LogP contribution in [0.25, 0.3) is 0 Å². The molecule has 0 unspecified atom stereocenters. The average Bonchev–Trinajstić information content (AvgIpc) is 3.48. The molecule has 0 aromatic heterocycles. The first-order valence-electron chi connectivity index (χ1n) is 10.00. The van der Waals surface area contributed by atoms with Crippen LogP contribution in [-0.2, 0) is 14.9 Å². The van der Waals surface area contributed by atoms with E-state index in [1.54, 1.807) is 7.11 Å². The molecule has 6 heteroatoms. The fourth-order valence-corrected chi connectivity index (χ4v) is 4.56. The van der Waals surface area contributed by atoms with Crippen LogP contribution in [0.3, 0.4) is 0 Å². The Balaban J connectivity index is 1.46. The van der Waals surface area contributed by atoms with Gasteiger partial charge in [-0.2, -0.15) is 0 Å². The second-order valence-electron chi connectivity index (χ2n) is 7.56. The maximum absolute atomic E-state index is 5.97. The zero-order chi connectivity index (χ0) is 19.1. The predicted molar refractivity (Wildman–Crippen MR) is 113 cm³/mol. The number of hydrogen-bond donors (Lipinski definition) is 1. The van der Waals surface area contributed by atoms with E-state index in [0.29, 0.717) is 6.10 Å². The molecule has 1 N–H and O–H groups in total. The monoisotopic (exact) mass is 437 g/mol. The molecule has 1 aliphatic carbocycles. The number of piperidine rings is 1. The van der Waals surface area contributed by atoms with Gasteiger partial charge in [-0.15, -0.1) is 0 Å². The van der Waals surface area contributed by atoms with Gasteiger partial charge in [0.15, 0.2) is 5.96 Å². The molecule has 150 valence electrons. The van der Waals surface area contributed by atoms with Crippen LogP contribution in [0.2, 0.25) is 0 Å². The average molecular weight is 438 g/mol. The summed E-state index contributed by atoms with van der Waals surface area (Å²) in [4.78, 5) is 6.90. The van der Waals surface area contributed by atoms with Crippen molar-refractivity contribution in [1.29, 1.82) is 0 Å². The zero-order valence-corrected chi connectivity index (χ0v) is 18.1. The summed E-state index contributed by atoms with van der Waals surface area (Å²) in [6.45, 7) is 4.50. The van der Waals surface area contributed by atoms with Crippen LogP contribution in [0, 0.1) is 0 Å². The van der Waals surface area contributed by atoms with Crippen molar-refractivity contribution in [2.75, 3.05) is 47.0 Å². The summed E-state index contributed by atoms with van der Waals surface area (Å²) in [5.74, 6) is 1.02. The Hall–Kier alpha value is -1.11. The highest BCUT2D eigenvalue weighted by Gasteiger charge is 2.45. The molecule has 1 aromatic carbocycles. The van der Waals surface area contributed by atoms with Crippen molar-refractivity contribution in [2.24, 2.45) is 4.99 Å². The minimum absolute atomic E-state index is 0.249. The second kappa shape index (κ2) is 9.89. The van der Waals surface area contributed by atoms with Gasteiger partial charge in [0, 0.05) is 56.9 Å². The molecule has 5 nitrogen and oxygen atoms in total. The molecule has 0 atom stereocenters. The van der Waals surface area contributed by atoms with Crippen molar-refractivity contribution in [2.45, 2.75) is 43.6 Å². The maximum Gasteiger partial charge on any atom is 0.193 e. The molecular weight excluding hydrogens is 406 g/mol. The van der Waals surface area contributed by atoms with Crippen molar-refractivity contribution in [1.82, 2.24) is 10.2 Å². The predicted octanol–water partition coefficient (Wildman–Crippen LogP) is 3.57. The Morgan fingerprint density at radius 1 is 1.26 bits per heavy atom. The number of halogens is 1. The minimum atomic E-state index is 0.249. The van der Waals surface area contributed by atoms with Gasteiger partial charge in [-0.25, -0.2) is 0 Å². The number of rotatable bonds is 8. The van der Waals surface area contributed by atoms with E-state index in [1.807, 2.05) is 7.05 Å². The fourth-order valence-electron chi connectivity index (χ4n) is 3.85. The Kier molecular flexibility index (Phi) is 7.56. The highest BCUT2D eigenvalue weighted by atomic mass is 79.9. The Bertz CT molecular complexity index is 626. The third kappa shape index (κ3) is 5.46. The zero-order valence-electron chi connectivity index (χ0n) is 16.5. The van der Waals surface area contributed by atoms with Crippen LogP contribution in [-0.4, -0.2) is 64.0 Å². The largest absolute Gasteiger partial charge is 0.385 e. The molecule has 27 heavy (non-hydrogen) atoms. The summed E-state index contributed by atoms with van der Waals surface area (Å²) in [5, 5.41) is 3.64. The van der Waals surface area contributed by atoms with Crippen molar-refractivity contribution >= 4 is 21.9 Å². The molecule has 3 rings (SSSR count). The van der Waals surface area contributed by atoms with Crippen molar-refractivity contribution in [3.63, 3.8) is 0 Å². The molecular formula is C21H32BrN3O2. The smallest absolute Gasteiger partial charge is 0.193 e. The Labute approximate surface area is 171 Å². The van der Waals surface area contributed by atoms with Gasteiger partial charge in [0.2, 0.25) is 0 Å². The summed E-state index contributed by atoms with van der Waals surface area (Å²) in [7, 11) is 3.62. The first-order valence-corrected chi connectivity index (χ1v) is 10.8.